The van der Waals surface area contributed by atoms with E-state index in [1.54, 1.807) is 0 Å². The van der Waals surface area contributed by atoms with Crippen LogP contribution >= 0.6 is 12.0 Å². The number of hydrogen-bond acceptors (Lipinski definition) is 2. The molecule has 1 N–H and O–H groups in total. The standard InChI is InChI=1S/C9H13NOS/c1-10(2,3)8-4-6-9(12-11)7-5-8/h4-7H,1-3H3/p+1. The zero-order chi connectivity index (χ0) is 9.19. The van der Waals surface area contributed by atoms with E-state index in [1.165, 1.54) is 5.69 Å². The lowest BCUT2D eigenvalue weighted by Crippen LogP contribution is -2.34. The van der Waals surface area contributed by atoms with Crippen molar-refractivity contribution in [2.75, 3.05) is 21.1 Å². The minimum Gasteiger partial charge on any atom is -0.325 e. The second kappa shape index (κ2) is 3.47. The Kier molecular flexibility index (Phi) is 2.77. The van der Waals surface area contributed by atoms with E-state index in [0.717, 1.165) is 21.4 Å². The fourth-order valence-electron chi connectivity index (χ4n) is 0.954. The average molecular weight is 184 g/mol. The fraction of sp³-hybridized carbons (Fsp3) is 0.333. The van der Waals surface area contributed by atoms with Gasteiger partial charge in [-0.25, -0.2) is 0 Å². The molecule has 0 bridgehead atoms. The fourth-order valence-corrected chi connectivity index (χ4v) is 1.21. The zero-order valence-electron chi connectivity index (χ0n) is 7.61. The van der Waals surface area contributed by atoms with Gasteiger partial charge < -0.3 is 4.55 Å². The summed E-state index contributed by atoms with van der Waals surface area (Å²) in [5.41, 5.74) is 1.23. The Morgan fingerprint density at radius 2 is 1.58 bits per heavy atom. The van der Waals surface area contributed by atoms with Crippen molar-refractivity contribution in [3.63, 3.8) is 0 Å². The van der Waals surface area contributed by atoms with Gasteiger partial charge in [0.15, 0.2) is 0 Å². The van der Waals surface area contributed by atoms with Gasteiger partial charge in [-0.2, -0.15) is 0 Å². The predicted molar refractivity (Wildman–Crippen MR) is 54.5 cm³/mol. The van der Waals surface area contributed by atoms with Gasteiger partial charge in [-0.15, -0.1) is 0 Å². The summed E-state index contributed by atoms with van der Waals surface area (Å²) in [5, 5.41) is 0. The highest BCUT2D eigenvalue weighted by Crippen LogP contribution is 2.21. The quantitative estimate of drug-likeness (QED) is 0.563. The van der Waals surface area contributed by atoms with E-state index in [4.69, 9.17) is 4.55 Å². The summed E-state index contributed by atoms with van der Waals surface area (Å²) < 4.78 is 9.54. The molecule has 0 radical (unpaired) electrons. The van der Waals surface area contributed by atoms with Crippen molar-refractivity contribution in [3.8, 4) is 0 Å². The predicted octanol–water partition coefficient (Wildman–Crippen LogP) is 2.45. The highest BCUT2D eigenvalue weighted by Gasteiger charge is 2.10. The maximum Gasteiger partial charge on any atom is 0.132 e. The second-order valence-electron chi connectivity index (χ2n) is 3.60. The van der Waals surface area contributed by atoms with E-state index in [9.17, 15) is 0 Å². The molecule has 3 heteroatoms. The SMILES string of the molecule is C[N+](C)(C)c1ccc(SO)cc1. The molecule has 0 aromatic heterocycles. The molecule has 0 spiro atoms. The van der Waals surface area contributed by atoms with Gasteiger partial charge in [0.2, 0.25) is 0 Å². The number of rotatable bonds is 2. The molecule has 1 aromatic rings. The Hall–Kier alpha value is -0.510. The van der Waals surface area contributed by atoms with E-state index in [0.29, 0.717) is 0 Å². The molecule has 12 heavy (non-hydrogen) atoms. The smallest absolute Gasteiger partial charge is 0.132 e. The molecule has 2 nitrogen and oxygen atoms in total. The molecule has 0 saturated carbocycles. The van der Waals surface area contributed by atoms with Crippen molar-refractivity contribution < 1.29 is 4.55 Å². The Morgan fingerprint density at radius 3 is 1.92 bits per heavy atom. The number of quaternary nitrogens is 1. The van der Waals surface area contributed by atoms with Gasteiger partial charge in [0.25, 0.3) is 0 Å². The minimum atomic E-state index is 0.781. The van der Waals surface area contributed by atoms with Crippen LogP contribution in [0.25, 0.3) is 0 Å². The van der Waals surface area contributed by atoms with Gasteiger partial charge in [-0.05, 0) is 12.1 Å². The summed E-state index contributed by atoms with van der Waals surface area (Å²) in [6, 6.07) is 7.89. The Morgan fingerprint density at radius 1 is 1.08 bits per heavy atom. The topological polar surface area (TPSA) is 20.2 Å². The molecule has 0 aliphatic rings. The lowest BCUT2D eigenvalue weighted by atomic mass is 10.3. The molecule has 0 heterocycles. The summed E-state index contributed by atoms with van der Waals surface area (Å²) >= 11 is 0.781. The van der Waals surface area contributed by atoms with Crippen molar-refractivity contribution in [1.82, 2.24) is 4.48 Å². The first-order valence-corrected chi connectivity index (χ1v) is 4.55. The first-order valence-electron chi connectivity index (χ1n) is 3.77. The largest absolute Gasteiger partial charge is 0.325 e. The van der Waals surface area contributed by atoms with Crippen LogP contribution in [-0.2, 0) is 0 Å². The monoisotopic (exact) mass is 184 g/mol. The Labute approximate surface area is 77.6 Å². The number of benzene rings is 1. The van der Waals surface area contributed by atoms with Crippen molar-refractivity contribution >= 4 is 17.7 Å². The van der Waals surface area contributed by atoms with Gasteiger partial charge >= 0.3 is 0 Å². The molecule has 0 atom stereocenters. The van der Waals surface area contributed by atoms with Crippen molar-refractivity contribution in [1.29, 1.82) is 0 Å². The van der Waals surface area contributed by atoms with Gasteiger partial charge in [0.05, 0.1) is 21.1 Å². The first kappa shape index (κ1) is 9.58. The zero-order valence-corrected chi connectivity index (χ0v) is 8.43. The Balaban J connectivity index is 2.93. The van der Waals surface area contributed by atoms with Crippen LogP contribution in [0.15, 0.2) is 29.2 Å². The van der Waals surface area contributed by atoms with Crippen LogP contribution in [0.1, 0.15) is 0 Å². The molecule has 0 saturated heterocycles. The van der Waals surface area contributed by atoms with E-state index in [1.807, 2.05) is 24.3 Å². The normalized spacial score (nSPS) is 11.7. The van der Waals surface area contributed by atoms with E-state index < -0.39 is 0 Å². The van der Waals surface area contributed by atoms with Crippen LogP contribution in [0.2, 0.25) is 0 Å². The van der Waals surface area contributed by atoms with Crippen LogP contribution in [0.5, 0.6) is 0 Å². The summed E-state index contributed by atoms with van der Waals surface area (Å²) in [6.07, 6.45) is 0. The Bertz CT molecular complexity index is 250. The van der Waals surface area contributed by atoms with E-state index >= 15 is 0 Å². The third-order valence-electron chi connectivity index (χ3n) is 1.72. The van der Waals surface area contributed by atoms with Crippen LogP contribution < -0.4 is 4.48 Å². The van der Waals surface area contributed by atoms with Crippen molar-refractivity contribution in [3.05, 3.63) is 24.3 Å². The van der Waals surface area contributed by atoms with Gasteiger partial charge in [0, 0.05) is 29.1 Å². The molecule has 1 rings (SSSR count). The molecule has 1 aromatic carbocycles. The second-order valence-corrected chi connectivity index (χ2v) is 4.25. The molecule has 0 fully saturated rings. The maximum atomic E-state index is 8.74. The summed E-state index contributed by atoms with van der Waals surface area (Å²) in [5.74, 6) is 0. The molecule has 66 valence electrons. The highest BCUT2D eigenvalue weighted by molar-refractivity contribution is 7.93. The summed E-state index contributed by atoms with van der Waals surface area (Å²) in [4.78, 5) is 0.882. The summed E-state index contributed by atoms with van der Waals surface area (Å²) in [7, 11) is 6.34. The lowest BCUT2D eigenvalue weighted by Gasteiger charge is -2.23. The van der Waals surface area contributed by atoms with Crippen molar-refractivity contribution in [2.45, 2.75) is 4.90 Å². The van der Waals surface area contributed by atoms with Gasteiger partial charge in [-0.1, -0.05) is 0 Å². The van der Waals surface area contributed by atoms with E-state index in [2.05, 4.69) is 21.1 Å². The van der Waals surface area contributed by atoms with E-state index in [-0.39, 0.29) is 0 Å². The molecule has 0 unspecified atom stereocenters. The van der Waals surface area contributed by atoms with Crippen LogP contribution in [0.3, 0.4) is 0 Å². The van der Waals surface area contributed by atoms with Crippen LogP contribution in [0.4, 0.5) is 5.69 Å². The van der Waals surface area contributed by atoms with Crippen molar-refractivity contribution in [2.24, 2.45) is 0 Å². The average Bonchev–Trinajstić information content (AvgIpc) is 2.03. The third kappa shape index (κ3) is 2.24. The molecule has 0 amide bonds. The minimum absolute atomic E-state index is 0.781. The number of nitrogens with zero attached hydrogens (tertiary/aromatic N) is 1. The van der Waals surface area contributed by atoms with Crippen LogP contribution in [-0.4, -0.2) is 25.7 Å². The molecular formula is C9H14NOS+. The first-order chi connectivity index (χ1) is 5.54. The third-order valence-corrected chi connectivity index (χ3v) is 2.20. The summed E-state index contributed by atoms with van der Waals surface area (Å²) in [6.45, 7) is 0. The van der Waals surface area contributed by atoms with Gasteiger partial charge in [-0.3, -0.25) is 4.48 Å². The van der Waals surface area contributed by atoms with Crippen LogP contribution in [0, 0.1) is 0 Å². The molecule has 0 aliphatic heterocycles. The lowest BCUT2D eigenvalue weighted by molar-refractivity contribution is 0.486. The number of hydrogen-bond donors (Lipinski definition) is 1. The molecule has 0 aliphatic carbocycles. The highest BCUT2D eigenvalue weighted by atomic mass is 32.2. The molecular weight excluding hydrogens is 170 g/mol. The van der Waals surface area contributed by atoms with Gasteiger partial charge in [0.1, 0.15) is 5.69 Å². The maximum absolute atomic E-state index is 8.74.